The molecule has 1 nitrogen and oxygen atoms in total. The standard InChI is InChI=1S/C9H13.C4H10N.C2H6Si.2ClH.Ti/c1-6-5-7(2)9(4)8(6)3;1-4(2,3)5;1-3-2;;;/h5H,1-4H3;5H,1-3H3;1-2H3;2*1H;/q2*-1;;;;+2/p-2. The Morgan fingerprint density at radius 1 is 1.10 bits per heavy atom. The molecule has 1 aromatic carbocycles. The van der Waals surface area contributed by atoms with Crippen LogP contribution >= 0.6 is 0 Å². The number of hydrogen-bond donors (Lipinski definition) is 0. The Kier molecular flexibility index (Phi) is 19.5. The van der Waals surface area contributed by atoms with Crippen LogP contribution in [0.3, 0.4) is 0 Å². The molecule has 1 N–H and O–H groups in total. The molecular weight excluding hydrogens is 341 g/mol. The van der Waals surface area contributed by atoms with Crippen LogP contribution in [0.2, 0.25) is 13.1 Å². The molecule has 1 rings (SSSR count). The molecule has 0 aliphatic heterocycles. The van der Waals surface area contributed by atoms with Crippen LogP contribution in [0.5, 0.6) is 0 Å². The number of aryl methyl sites for hydroxylation is 2. The maximum absolute atomic E-state index is 6.94. The molecule has 0 aliphatic rings. The molecule has 0 spiro atoms. The Morgan fingerprint density at radius 2 is 1.35 bits per heavy atom. The minimum Gasteiger partial charge on any atom is -1.00 e. The molecule has 0 radical (unpaired) electrons. The van der Waals surface area contributed by atoms with Crippen molar-refractivity contribution in [3.05, 3.63) is 34.1 Å². The molecule has 20 heavy (non-hydrogen) atoms. The van der Waals surface area contributed by atoms with Crippen molar-refractivity contribution in [1.82, 2.24) is 0 Å². The Labute approximate surface area is 150 Å². The second-order valence-electron chi connectivity index (χ2n) is 6.01. The van der Waals surface area contributed by atoms with Crippen LogP contribution in [0.4, 0.5) is 0 Å². The molecule has 0 heterocycles. The van der Waals surface area contributed by atoms with E-state index in [-0.39, 0.29) is 36.5 Å². The van der Waals surface area contributed by atoms with Gasteiger partial charge in [-0.15, -0.1) is 5.54 Å². The average Bonchev–Trinajstić information content (AvgIpc) is 2.29. The maximum atomic E-state index is 6.94. The molecule has 0 fully saturated rings. The molecule has 1 aromatic rings. The summed E-state index contributed by atoms with van der Waals surface area (Å²) < 4.78 is 0. The summed E-state index contributed by atoms with van der Waals surface area (Å²) in [7, 11) is 0. The third kappa shape index (κ3) is 21.1. The average molecular weight is 370 g/mol. The van der Waals surface area contributed by atoms with Gasteiger partial charge in [-0.05, 0) is 0 Å². The zero-order chi connectivity index (χ0) is 15.1. The summed E-state index contributed by atoms with van der Waals surface area (Å²) in [5.41, 5.74) is 12.4. The quantitative estimate of drug-likeness (QED) is 0.425. The zero-order valence-corrected chi connectivity index (χ0v) is 18.4. The van der Waals surface area contributed by atoms with Crippen molar-refractivity contribution in [2.24, 2.45) is 0 Å². The minimum absolute atomic E-state index is 0. The molecule has 0 aromatic heterocycles. The van der Waals surface area contributed by atoms with Gasteiger partial charge in [0.2, 0.25) is 0 Å². The summed E-state index contributed by atoms with van der Waals surface area (Å²) in [4.78, 5) is 0. The van der Waals surface area contributed by atoms with E-state index in [9.17, 15) is 0 Å². The van der Waals surface area contributed by atoms with Crippen molar-refractivity contribution in [3.8, 4) is 0 Å². The van der Waals surface area contributed by atoms with Crippen LogP contribution in [-0.2, 0) is 19.2 Å². The first-order valence-corrected chi connectivity index (χ1v) is 11.2. The SMILES string of the molecule is CC(C)(C)[NH-].C[Si](C)=[Ti+2].Cc1c[c-](C)c(C)c1C.[Cl-].[Cl-]. The van der Waals surface area contributed by atoms with Crippen molar-refractivity contribution in [2.75, 3.05) is 0 Å². The van der Waals surface area contributed by atoms with Gasteiger partial charge < -0.3 is 30.5 Å². The van der Waals surface area contributed by atoms with Gasteiger partial charge in [0, 0.05) is 0 Å². The van der Waals surface area contributed by atoms with Gasteiger partial charge >= 0.3 is 38.5 Å². The van der Waals surface area contributed by atoms with E-state index >= 15 is 0 Å². The van der Waals surface area contributed by atoms with Crippen LogP contribution in [0.15, 0.2) is 6.07 Å². The second-order valence-corrected chi connectivity index (χ2v) is 12.7. The third-order valence-electron chi connectivity index (χ3n) is 2.18. The molecule has 0 saturated heterocycles. The van der Waals surface area contributed by atoms with Gasteiger partial charge in [0.15, 0.2) is 0 Å². The third-order valence-corrected chi connectivity index (χ3v) is 2.18. The second kappa shape index (κ2) is 13.5. The van der Waals surface area contributed by atoms with Gasteiger partial charge in [0.1, 0.15) is 0 Å². The van der Waals surface area contributed by atoms with Crippen LogP contribution < -0.4 is 24.8 Å². The summed E-state index contributed by atoms with van der Waals surface area (Å²) in [5.74, 6) is 0. The summed E-state index contributed by atoms with van der Waals surface area (Å²) in [5, 5.41) is 0. The monoisotopic (exact) mass is 369 g/mol. The first-order valence-electron chi connectivity index (χ1n) is 6.33. The minimum atomic E-state index is -0.250. The predicted molar refractivity (Wildman–Crippen MR) is 82.5 cm³/mol. The predicted octanol–water partition coefficient (Wildman–Crippen LogP) is -0.731. The van der Waals surface area contributed by atoms with E-state index in [4.69, 9.17) is 5.73 Å². The number of halogens is 2. The van der Waals surface area contributed by atoms with Gasteiger partial charge in [-0.2, -0.15) is 28.3 Å². The number of rotatable bonds is 0. The molecule has 118 valence electrons. The van der Waals surface area contributed by atoms with E-state index < -0.39 is 0 Å². The molecule has 0 saturated carbocycles. The van der Waals surface area contributed by atoms with Crippen LogP contribution in [0.1, 0.15) is 43.0 Å². The first kappa shape index (κ1) is 28.9. The summed E-state index contributed by atoms with van der Waals surface area (Å²) in [6.07, 6.45) is 0.120. The van der Waals surface area contributed by atoms with Crippen molar-refractivity contribution >= 4 is 6.19 Å². The molecule has 0 atom stereocenters. The molecule has 0 aliphatic carbocycles. The molecular formula is C15H29Cl2NSiTi-2. The van der Waals surface area contributed by atoms with Gasteiger partial charge in [0.05, 0.1) is 0 Å². The molecule has 0 unspecified atom stereocenters. The summed E-state index contributed by atoms with van der Waals surface area (Å²) in [6.45, 7) is 18.8. The van der Waals surface area contributed by atoms with E-state index in [1.54, 1.807) is 0 Å². The Balaban J connectivity index is -0.000000102. The summed E-state index contributed by atoms with van der Waals surface area (Å²) >= 11 is 2.27. The Morgan fingerprint density at radius 3 is 1.40 bits per heavy atom. The normalized spacial score (nSPS) is 9.00. The van der Waals surface area contributed by atoms with Gasteiger partial charge in [-0.1, -0.05) is 48.5 Å². The van der Waals surface area contributed by atoms with E-state index in [1.807, 2.05) is 20.8 Å². The van der Waals surface area contributed by atoms with E-state index in [2.05, 4.69) is 66.0 Å². The largest absolute Gasteiger partial charge is 1.00 e. The van der Waals surface area contributed by atoms with Crippen LogP contribution in [0, 0.1) is 27.7 Å². The smallest absolute Gasteiger partial charge is 0.0630 e. The van der Waals surface area contributed by atoms with Gasteiger partial charge in [-0.3, -0.25) is 0 Å². The number of nitrogens with one attached hydrogen (secondary N) is 1. The van der Waals surface area contributed by atoms with E-state index in [0.717, 1.165) is 0 Å². The zero-order valence-electron chi connectivity index (χ0n) is 14.3. The fraction of sp³-hybridized carbons (Fsp3) is 0.667. The summed E-state index contributed by atoms with van der Waals surface area (Å²) in [6, 6.07) is 2.24. The topological polar surface area (TPSA) is 23.8 Å². The van der Waals surface area contributed by atoms with Gasteiger partial charge in [-0.25, -0.2) is 0 Å². The fourth-order valence-corrected chi connectivity index (χ4v) is 1.13. The van der Waals surface area contributed by atoms with Crippen LogP contribution in [0.25, 0.3) is 5.73 Å². The fourth-order valence-electron chi connectivity index (χ4n) is 1.13. The molecule has 0 amide bonds. The van der Waals surface area contributed by atoms with Gasteiger partial charge in [0.25, 0.3) is 0 Å². The first-order chi connectivity index (χ1) is 7.86. The van der Waals surface area contributed by atoms with Crippen molar-refractivity contribution in [3.63, 3.8) is 0 Å². The van der Waals surface area contributed by atoms with E-state index in [0.29, 0.717) is 0 Å². The maximum Gasteiger partial charge on any atom is -0.0630 e. The molecule has 5 heteroatoms. The Hall–Kier alpha value is 0.821. The van der Waals surface area contributed by atoms with E-state index in [1.165, 1.54) is 22.3 Å². The van der Waals surface area contributed by atoms with Crippen molar-refractivity contribution in [1.29, 1.82) is 0 Å². The van der Waals surface area contributed by atoms with Crippen molar-refractivity contribution < 1.29 is 44.0 Å². The Bertz CT molecular complexity index is 349. The number of hydrogen-bond acceptors (Lipinski definition) is 0. The molecule has 0 bridgehead atoms. The van der Waals surface area contributed by atoms with Crippen molar-refractivity contribution in [2.45, 2.75) is 67.1 Å². The van der Waals surface area contributed by atoms with Crippen LogP contribution in [-0.4, -0.2) is 11.7 Å².